The van der Waals surface area contributed by atoms with Crippen LogP contribution in [0.3, 0.4) is 0 Å². The Kier molecular flexibility index (Phi) is 4.59. The van der Waals surface area contributed by atoms with Gasteiger partial charge in [-0.25, -0.2) is 9.18 Å². The summed E-state index contributed by atoms with van der Waals surface area (Å²) in [6, 6.07) is 4.70. The van der Waals surface area contributed by atoms with Gasteiger partial charge in [-0.05, 0) is 55.4 Å². The number of nitrogens with one attached hydrogen (secondary N) is 1. The average Bonchev–Trinajstić information content (AvgIpc) is 2.76. The maximum atomic E-state index is 14.0. The highest BCUT2D eigenvalue weighted by Crippen LogP contribution is 2.29. The van der Waals surface area contributed by atoms with Crippen LogP contribution in [0, 0.1) is 5.82 Å². The van der Waals surface area contributed by atoms with Crippen molar-refractivity contribution in [2.24, 2.45) is 0 Å². The van der Waals surface area contributed by atoms with Gasteiger partial charge in [0, 0.05) is 9.35 Å². The summed E-state index contributed by atoms with van der Waals surface area (Å²) in [7, 11) is 0. The molecular weight excluding hydrogens is 401 g/mol. The minimum atomic E-state index is -1.17. The first-order valence-electron chi connectivity index (χ1n) is 5.17. The van der Waals surface area contributed by atoms with Gasteiger partial charge in [0.2, 0.25) is 0 Å². The molecule has 2 N–H and O–H groups in total. The number of aromatic carboxylic acids is 1. The number of thiophene rings is 1. The van der Waals surface area contributed by atoms with Gasteiger partial charge in [-0.2, -0.15) is 0 Å². The molecule has 0 bridgehead atoms. The first kappa shape index (κ1) is 14.5. The molecule has 0 atom stereocenters. The quantitative estimate of drug-likeness (QED) is 0.769. The maximum Gasteiger partial charge on any atom is 0.336 e. The number of carboxylic acid groups (broad SMARTS) is 1. The molecule has 3 nitrogen and oxygen atoms in total. The molecule has 7 heteroatoms. The minimum Gasteiger partial charge on any atom is -0.478 e. The molecule has 2 rings (SSSR count). The fraction of sp³-hybridized carbons (Fsp3) is 0.0833. The van der Waals surface area contributed by atoms with E-state index < -0.39 is 11.8 Å². The second kappa shape index (κ2) is 6.02. The molecule has 0 unspecified atom stereocenters. The predicted molar refractivity (Wildman–Crippen MR) is 80.4 cm³/mol. The number of hydrogen-bond acceptors (Lipinski definition) is 3. The van der Waals surface area contributed by atoms with Crippen LogP contribution < -0.4 is 5.32 Å². The third-order valence-electron chi connectivity index (χ3n) is 2.44. The molecule has 0 saturated heterocycles. The minimum absolute atomic E-state index is 0.0461. The van der Waals surface area contributed by atoms with Crippen molar-refractivity contribution in [1.29, 1.82) is 0 Å². The van der Waals surface area contributed by atoms with Crippen LogP contribution in [0.15, 0.2) is 32.5 Å². The molecule has 0 aliphatic rings. The summed E-state index contributed by atoms with van der Waals surface area (Å²) >= 11 is 7.90. The Bertz CT molecular complexity index is 630. The third kappa shape index (κ3) is 3.16. The Morgan fingerprint density at radius 1 is 1.37 bits per heavy atom. The van der Waals surface area contributed by atoms with Crippen molar-refractivity contribution in [1.82, 2.24) is 0 Å². The fourth-order valence-electron chi connectivity index (χ4n) is 1.48. The van der Waals surface area contributed by atoms with Crippen molar-refractivity contribution in [3.8, 4) is 0 Å². The Balaban J connectivity index is 2.20. The summed E-state index contributed by atoms with van der Waals surface area (Å²) in [5, 5.41) is 13.8. The molecule has 1 aromatic heterocycles. The van der Waals surface area contributed by atoms with Gasteiger partial charge in [0.15, 0.2) is 5.82 Å². The van der Waals surface area contributed by atoms with Gasteiger partial charge < -0.3 is 10.4 Å². The standard InChI is InChI=1S/C12H8Br2FNO2S/c13-7-3-4-19-9(7)5-16-8-2-1-6(12(17)18)10(14)11(8)15/h1-4,16H,5H2,(H,17,18). The number of carboxylic acids is 1. The van der Waals surface area contributed by atoms with Crippen LogP contribution in [0.1, 0.15) is 15.2 Å². The Hall–Kier alpha value is -0.920. The van der Waals surface area contributed by atoms with Crippen molar-refractivity contribution >= 4 is 54.9 Å². The van der Waals surface area contributed by atoms with E-state index in [1.165, 1.54) is 12.1 Å². The number of halogens is 3. The van der Waals surface area contributed by atoms with E-state index >= 15 is 0 Å². The molecule has 0 amide bonds. The van der Waals surface area contributed by atoms with Crippen LogP contribution in [-0.2, 0) is 6.54 Å². The highest BCUT2D eigenvalue weighted by molar-refractivity contribution is 9.10. The number of benzene rings is 1. The van der Waals surface area contributed by atoms with E-state index in [-0.39, 0.29) is 15.7 Å². The lowest BCUT2D eigenvalue weighted by atomic mass is 10.2. The molecule has 0 aliphatic heterocycles. The monoisotopic (exact) mass is 407 g/mol. The highest BCUT2D eigenvalue weighted by Gasteiger charge is 2.15. The molecule has 0 radical (unpaired) electrons. The van der Waals surface area contributed by atoms with Crippen molar-refractivity contribution in [2.45, 2.75) is 6.54 Å². The molecule has 0 aliphatic carbocycles. The van der Waals surface area contributed by atoms with E-state index in [0.29, 0.717) is 6.54 Å². The van der Waals surface area contributed by atoms with Gasteiger partial charge in [0.1, 0.15) is 0 Å². The fourth-order valence-corrected chi connectivity index (χ4v) is 3.43. The molecule has 2 aromatic rings. The Morgan fingerprint density at radius 2 is 2.11 bits per heavy atom. The number of anilines is 1. The molecule has 1 aromatic carbocycles. The highest BCUT2D eigenvalue weighted by atomic mass is 79.9. The molecule has 0 spiro atoms. The van der Waals surface area contributed by atoms with Crippen molar-refractivity contribution < 1.29 is 14.3 Å². The SMILES string of the molecule is O=C(O)c1ccc(NCc2sccc2Br)c(F)c1Br. The van der Waals surface area contributed by atoms with Gasteiger partial charge in [-0.1, -0.05) is 0 Å². The van der Waals surface area contributed by atoms with Gasteiger partial charge >= 0.3 is 5.97 Å². The Morgan fingerprint density at radius 3 is 2.68 bits per heavy atom. The average molecular weight is 409 g/mol. The van der Waals surface area contributed by atoms with Crippen LogP contribution in [0.4, 0.5) is 10.1 Å². The largest absolute Gasteiger partial charge is 0.478 e. The summed E-state index contributed by atoms with van der Waals surface area (Å²) in [5.41, 5.74) is 0.164. The molecule has 1 heterocycles. The number of rotatable bonds is 4. The van der Waals surface area contributed by atoms with Crippen LogP contribution in [-0.4, -0.2) is 11.1 Å². The van der Waals surface area contributed by atoms with Crippen LogP contribution in [0.5, 0.6) is 0 Å². The molecular formula is C12H8Br2FNO2S. The predicted octanol–water partition coefficient (Wildman–Crippen LogP) is 4.72. The first-order valence-corrected chi connectivity index (χ1v) is 7.64. The Labute approximate surface area is 129 Å². The van der Waals surface area contributed by atoms with Crippen LogP contribution in [0.25, 0.3) is 0 Å². The molecule has 0 saturated carbocycles. The lowest BCUT2D eigenvalue weighted by Gasteiger charge is -2.09. The number of hydrogen-bond donors (Lipinski definition) is 2. The summed E-state index contributed by atoms with van der Waals surface area (Å²) in [6.07, 6.45) is 0. The van der Waals surface area contributed by atoms with Gasteiger partial charge in [-0.3, -0.25) is 0 Å². The van der Waals surface area contributed by atoms with Crippen LogP contribution in [0.2, 0.25) is 0 Å². The van der Waals surface area contributed by atoms with Crippen molar-refractivity contribution in [2.75, 3.05) is 5.32 Å². The maximum absolute atomic E-state index is 14.0. The van der Waals surface area contributed by atoms with Gasteiger partial charge in [-0.15, -0.1) is 11.3 Å². The first-order chi connectivity index (χ1) is 9.00. The van der Waals surface area contributed by atoms with Crippen LogP contribution >= 0.6 is 43.2 Å². The van der Waals surface area contributed by atoms with E-state index in [9.17, 15) is 9.18 Å². The zero-order valence-electron chi connectivity index (χ0n) is 9.41. The van der Waals surface area contributed by atoms with Gasteiger partial charge in [0.05, 0.1) is 22.3 Å². The van der Waals surface area contributed by atoms with E-state index in [1.807, 2.05) is 11.4 Å². The molecule has 0 fully saturated rings. The second-order valence-corrected chi connectivity index (χ2v) is 6.29. The van der Waals surface area contributed by atoms with E-state index in [4.69, 9.17) is 5.11 Å². The summed E-state index contributed by atoms with van der Waals surface area (Å²) in [5.74, 6) is -1.77. The summed E-state index contributed by atoms with van der Waals surface area (Å²) < 4.78 is 14.9. The lowest BCUT2D eigenvalue weighted by Crippen LogP contribution is -2.04. The summed E-state index contributed by atoms with van der Waals surface area (Å²) in [6.45, 7) is 0.466. The van der Waals surface area contributed by atoms with Crippen molar-refractivity contribution in [3.63, 3.8) is 0 Å². The van der Waals surface area contributed by atoms with Crippen molar-refractivity contribution in [3.05, 3.63) is 48.8 Å². The number of carbonyl (C=O) groups is 1. The zero-order chi connectivity index (χ0) is 14.0. The van der Waals surface area contributed by atoms with E-state index in [1.54, 1.807) is 11.3 Å². The van der Waals surface area contributed by atoms with E-state index in [2.05, 4.69) is 37.2 Å². The second-order valence-electron chi connectivity index (χ2n) is 3.64. The summed E-state index contributed by atoms with van der Waals surface area (Å²) in [4.78, 5) is 11.9. The molecule has 19 heavy (non-hydrogen) atoms. The normalized spacial score (nSPS) is 10.5. The third-order valence-corrected chi connectivity index (χ3v) is 5.14. The smallest absolute Gasteiger partial charge is 0.336 e. The van der Waals surface area contributed by atoms with E-state index in [0.717, 1.165) is 9.35 Å². The topological polar surface area (TPSA) is 49.3 Å². The molecule has 100 valence electrons. The van der Waals surface area contributed by atoms with Gasteiger partial charge in [0.25, 0.3) is 0 Å². The zero-order valence-corrected chi connectivity index (χ0v) is 13.4. The lowest BCUT2D eigenvalue weighted by molar-refractivity contribution is 0.0695.